The van der Waals surface area contributed by atoms with Crippen LogP contribution in [0.15, 0.2) is 36.4 Å². The molecule has 2 aromatic rings. The topological polar surface area (TPSA) is 55.4 Å². The second-order valence-electron chi connectivity index (χ2n) is 9.80. The van der Waals surface area contributed by atoms with Gasteiger partial charge in [0.25, 0.3) is 0 Å². The van der Waals surface area contributed by atoms with Crippen LogP contribution in [0.3, 0.4) is 0 Å². The van der Waals surface area contributed by atoms with Gasteiger partial charge in [-0.05, 0) is 61.1 Å². The zero-order chi connectivity index (χ0) is 26.7. The van der Waals surface area contributed by atoms with Gasteiger partial charge in [-0.2, -0.15) is 0 Å². The van der Waals surface area contributed by atoms with Gasteiger partial charge in [-0.1, -0.05) is 64.5 Å². The third kappa shape index (κ3) is 11.5. The molecule has 212 valence electrons. The molecule has 0 spiro atoms. The zero-order valence-electron chi connectivity index (χ0n) is 23.6. The van der Waals surface area contributed by atoms with Crippen LogP contribution in [0.5, 0.6) is 23.0 Å². The Morgan fingerprint density at radius 2 is 0.842 bits per heavy atom. The average Bonchev–Trinajstić information content (AvgIpc) is 2.93. The lowest BCUT2D eigenvalue weighted by molar-refractivity contribution is 0.0640. The summed E-state index contributed by atoms with van der Waals surface area (Å²) >= 11 is 0. The van der Waals surface area contributed by atoms with E-state index in [1.165, 1.54) is 62.5 Å². The molecule has 1 heterocycles. The van der Waals surface area contributed by atoms with Crippen LogP contribution in [0.25, 0.3) is 0 Å². The number of ether oxygens (including phenoxy) is 6. The first kappa shape index (κ1) is 30.1. The second kappa shape index (κ2) is 18.8. The van der Waals surface area contributed by atoms with Crippen molar-refractivity contribution in [1.29, 1.82) is 0 Å². The lowest BCUT2D eigenvalue weighted by Gasteiger charge is -2.17. The maximum absolute atomic E-state index is 6.07. The molecule has 6 heteroatoms. The van der Waals surface area contributed by atoms with E-state index >= 15 is 0 Å². The number of fused-ring (bicyclic) bond motifs is 2. The molecule has 0 amide bonds. The van der Waals surface area contributed by atoms with Gasteiger partial charge in [0, 0.05) is 0 Å². The van der Waals surface area contributed by atoms with Crippen LogP contribution in [-0.2, 0) is 22.3 Å². The minimum Gasteiger partial charge on any atom is -0.487 e. The van der Waals surface area contributed by atoms with E-state index in [2.05, 4.69) is 38.1 Å². The lowest BCUT2D eigenvalue weighted by Crippen LogP contribution is -2.15. The summed E-state index contributed by atoms with van der Waals surface area (Å²) in [5.41, 5.74) is 2.55. The molecule has 0 atom stereocenters. The molecule has 0 unspecified atom stereocenters. The smallest absolute Gasteiger partial charge is 0.161 e. The number of aryl methyl sites for hydroxylation is 2. The Morgan fingerprint density at radius 3 is 1.24 bits per heavy atom. The molecular formula is C32H48O6. The van der Waals surface area contributed by atoms with E-state index in [0.29, 0.717) is 52.9 Å². The first-order valence-corrected chi connectivity index (χ1v) is 14.7. The van der Waals surface area contributed by atoms with E-state index in [-0.39, 0.29) is 0 Å². The summed E-state index contributed by atoms with van der Waals surface area (Å²) in [4.78, 5) is 0. The summed E-state index contributed by atoms with van der Waals surface area (Å²) in [6, 6.07) is 12.5. The molecule has 0 saturated heterocycles. The maximum atomic E-state index is 6.07. The van der Waals surface area contributed by atoms with E-state index in [1.807, 2.05) is 12.1 Å². The number of benzene rings is 2. The highest BCUT2D eigenvalue weighted by atomic mass is 16.6. The van der Waals surface area contributed by atoms with Crippen molar-refractivity contribution in [3.05, 3.63) is 47.5 Å². The molecular weight excluding hydrogens is 480 g/mol. The van der Waals surface area contributed by atoms with Crippen molar-refractivity contribution in [3.8, 4) is 23.0 Å². The van der Waals surface area contributed by atoms with Gasteiger partial charge in [-0.3, -0.25) is 0 Å². The SMILES string of the molecule is CCCCCCc1ccc2c(c1)OCCOCCOc1ccc(CCCCCC)cc1OCCOCCO2. The van der Waals surface area contributed by atoms with Crippen LogP contribution in [-0.4, -0.2) is 52.9 Å². The van der Waals surface area contributed by atoms with Gasteiger partial charge < -0.3 is 28.4 Å². The van der Waals surface area contributed by atoms with Crippen LogP contribution in [0.1, 0.15) is 76.3 Å². The normalized spacial score (nSPS) is 15.4. The molecule has 38 heavy (non-hydrogen) atoms. The Labute approximate surface area is 229 Å². The van der Waals surface area contributed by atoms with Crippen LogP contribution in [0.2, 0.25) is 0 Å². The largest absolute Gasteiger partial charge is 0.487 e. The van der Waals surface area contributed by atoms with Crippen molar-refractivity contribution in [2.45, 2.75) is 78.1 Å². The minimum atomic E-state index is 0.449. The monoisotopic (exact) mass is 528 g/mol. The lowest BCUT2D eigenvalue weighted by atomic mass is 10.1. The Morgan fingerprint density at radius 1 is 0.447 bits per heavy atom. The molecule has 0 radical (unpaired) electrons. The molecule has 0 aliphatic carbocycles. The molecule has 1 aliphatic heterocycles. The number of hydrogen-bond donors (Lipinski definition) is 0. The van der Waals surface area contributed by atoms with E-state index in [4.69, 9.17) is 28.4 Å². The molecule has 2 aromatic carbocycles. The van der Waals surface area contributed by atoms with E-state index in [9.17, 15) is 0 Å². The van der Waals surface area contributed by atoms with Crippen molar-refractivity contribution in [2.24, 2.45) is 0 Å². The fourth-order valence-electron chi connectivity index (χ4n) is 4.44. The summed E-state index contributed by atoms with van der Waals surface area (Å²) in [6.07, 6.45) is 12.0. The van der Waals surface area contributed by atoms with Crippen LogP contribution in [0.4, 0.5) is 0 Å². The molecule has 3 rings (SSSR count). The maximum Gasteiger partial charge on any atom is 0.161 e. The first-order valence-electron chi connectivity index (χ1n) is 14.7. The molecule has 0 N–H and O–H groups in total. The number of hydrogen-bond acceptors (Lipinski definition) is 6. The van der Waals surface area contributed by atoms with Crippen molar-refractivity contribution >= 4 is 0 Å². The van der Waals surface area contributed by atoms with Crippen molar-refractivity contribution < 1.29 is 28.4 Å². The zero-order valence-corrected chi connectivity index (χ0v) is 23.6. The third-order valence-electron chi connectivity index (χ3n) is 6.60. The van der Waals surface area contributed by atoms with Crippen LogP contribution < -0.4 is 18.9 Å². The van der Waals surface area contributed by atoms with Crippen LogP contribution >= 0.6 is 0 Å². The quantitative estimate of drug-likeness (QED) is 0.304. The van der Waals surface area contributed by atoms with Crippen LogP contribution in [0, 0.1) is 0 Å². The predicted octanol–water partition coefficient (Wildman–Crippen LogP) is 7.19. The predicted molar refractivity (Wildman–Crippen MR) is 152 cm³/mol. The molecule has 0 aromatic heterocycles. The fourth-order valence-corrected chi connectivity index (χ4v) is 4.44. The number of rotatable bonds is 10. The highest BCUT2D eigenvalue weighted by Gasteiger charge is 2.10. The first-order chi connectivity index (χ1) is 18.8. The highest BCUT2D eigenvalue weighted by molar-refractivity contribution is 5.44. The van der Waals surface area contributed by atoms with Gasteiger partial charge in [-0.15, -0.1) is 0 Å². The Bertz CT molecular complexity index is 826. The molecule has 6 nitrogen and oxygen atoms in total. The highest BCUT2D eigenvalue weighted by Crippen LogP contribution is 2.30. The molecule has 0 bridgehead atoms. The third-order valence-corrected chi connectivity index (χ3v) is 6.60. The van der Waals surface area contributed by atoms with Gasteiger partial charge in [-0.25, -0.2) is 0 Å². The van der Waals surface area contributed by atoms with Gasteiger partial charge >= 0.3 is 0 Å². The summed E-state index contributed by atoms with van der Waals surface area (Å²) in [5, 5.41) is 0. The summed E-state index contributed by atoms with van der Waals surface area (Å²) < 4.78 is 35.7. The average molecular weight is 529 g/mol. The van der Waals surface area contributed by atoms with Gasteiger partial charge in [0.05, 0.1) is 26.4 Å². The van der Waals surface area contributed by atoms with Crippen molar-refractivity contribution in [2.75, 3.05) is 52.9 Å². The fraction of sp³-hybridized carbons (Fsp3) is 0.625. The van der Waals surface area contributed by atoms with E-state index < -0.39 is 0 Å². The van der Waals surface area contributed by atoms with Gasteiger partial charge in [0.1, 0.15) is 26.4 Å². The van der Waals surface area contributed by atoms with Crippen molar-refractivity contribution in [1.82, 2.24) is 0 Å². The minimum absolute atomic E-state index is 0.449. The number of unbranched alkanes of at least 4 members (excludes halogenated alkanes) is 6. The summed E-state index contributed by atoms with van der Waals surface area (Å²) in [7, 11) is 0. The van der Waals surface area contributed by atoms with E-state index in [0.717, 1.165) is 35.8 Å². The Hall–Kier alpha value is -2.44. The van der Waals surface area contributed by atoms with Gasteiger partial charge in [0.15, 0.2) is 23.0 Å². The summed E-state index contributed by atoms with van der Waals surface area (Å²) in [5.74, 6) is 3.02. The Balaban J connectivity index is 1.54. The van der Waals surface area contributed by atoms with Gasteiger partial charge in [0.2, 0.25) is 0 Å². The molecule has 0 saturated carbocycles. The summed E-state index contributed by atoms with van der Waals surface area (Å²) in [6.45, 7) is 8.19. The van der Waals surface area contributed by atoms with E-state index in [1.54, 1.807) is 0 Å². The standard InChI is InChI=1S/C32H48O6/c1-3-5-7-9-11-27-13-15-29-31(25-27)37-23-19-33-18-22-36-30-16-14-28(12-10-8-6-4-2)26-32(30)38-24-20-34-17-21-35-29/h13-16,25-26H,3-12,17-24H2,1-2H3. The molecule has 0 fully saturated rings. The second-order valence-corrected chi connectivity index (χ2v) is 9.80. The molecule has 1 aliphatic rings. The Kier molecular flexibility index (Phi) is 14.9. The van der Waals surface area contributed by atoms with Crippen molar-refractivity contribution in [3.63, 3.8) is 0 Å².